The van der Waals surface area contributed by atoms with E-state index in [4.69, 9.17) is 6.42 Å². The van der Waals surface area contributed by atoms with Gasteiger partial charge in [-0.3, -0.25) is 4.79 Å². The van der Waals surface area contributed by atoms with Crippen molar-refractivity contribution in [3.8, 4) is 18.1 Å². The van der Waals surface area contributed by atoms with Gasteiger partial charge in [0.15, 0.2) is 0 Å². The highest BCUT2D eigenvalue weighted by atomic mass is 16.3. The molecule has 1 aromatic carbocycles. The molecule has 17 heavy (non-hydrogen) atoms. The number of aromatic hydroxyl groups is 1. The van der Waals surface area contributed by atoms with E-state index in [0.29, 0.717) is 17.4 Å². The molecule has 0 fully saturated rings. The summed E-state index contributed by atoms with van der Waals surface area (Å²) in [5.74, 6) is 2.45. The predicted octanol–water partition coefficient (Wildman–Crippen LogP) is 1.29. The van der Waals surface area contributed by atoms with E-state index < -0.39 is 0 Å². The second kappa shape index (κ2) is 4.22. The average molecular weight is 228 g/mol. The van der Waals surface area contributed by atoms with Crippen LogP contribution < -0.4 is 10.9 Å². The summed E-state index contributed by atoms with van der Waals surface area (Å²) in [4.78, 5) is 11.5. The Balaban J connectivity index is 2.63. The number of aromatic nitrogens is 1. The zero-order valence-corrected chi connectivity index (χ0v) is 9.40. The first-order valence-electron chi connectivity index (χ1n) is 5.13. The van der Waals surface area contributed by atoms with E-state index in [2.05, 4.69) is 11.2 Å². The Morgan fingerprint density at radius 1 is 1.47 bits per heavy atom. The fourth-order valence-corrected chi connectivity index (χ4v) is 1.71. The lowest BCUT2D eigenvalue weighted by Gasteiger charge is -2.09. The van der Waals surface area contributed by atoms with Gasteiger partial charge in [0.25, 0.3) is 5.56 Å². The van der Waals surface area contributed by atoms with E-state index >= 15 is 0 Å². The number of rotatable bonds is 2. The molecular weight excluding hydrogens is 216 g/mol. The third kappa shape index (κ3) is 1.95. The van der Waals surface area contributed by atoms with Crippen LogP contribution in [0.5, 0.6) is 5.75 Å². The number of terminal acetylenes is 1. The van der Waals surface area contributed by atoms with Gasteiger partial charge in [0.2, 0.25) is 0 Å². The Kier molecular flexibility index (Phi) is 2.75. The molecule has 4 heteroatoms. The minimum Gasteiger partial charge on any atom is -0.507 e. The summed E-state index contributed by atoms with van der Waals surface area (Å²) in [5.41, 5.74) is 1.25. The maximum absolute atomic E-state index is 11.5. The number of benzene rings is 1. The minimum atomic E-state index is -0.237. The van der Waals surface area contributed by atoms with Gasteiger partial charge in [-0.25, -0.2) is 0 Å². The van der Waals surface area contributed by atoms with Crippen LogP contribution in [0, 0.1) is 12.3 Å². The number of hydrogen-bond donors (Lipinski definition) is 2. The van der Waals surface area contributed by atoms with E-state index in [-0.39, 0.29) is 11.3 Å². The smallest absolute Gasteiger partial charge is 0.254 e. The number of aryl methyl sites for hydroxylation is 1. The normalized spacial score (nSPS) is 10.1. The monoisotopic (exact) mass is 228 g/mol. The summed E-state index contributed by atoms with van der Waals surface area (Å²) in [6.45, 7) is 0.415. The van der Waals surface area contributed by atoms with Crippen LogP contribution >= 0.6 is 0 Å². The summed E-state index contributed by atoms with van der Waals surface area (Å²) in [7, 11) is 1.67. The number of hydrogen-bond acceptors (Lipinski definition) is 3. The number of fused-ring (bicyclic) bond motifs is 1. The van der Waals surface area contributed by atoms with Gasteiger partial charge in [0.1, 0.15) is 5.75 Å². The molecule has 4 nitrogen and oxygen atoms in total. The molecule has 0 unspecified atom stereocenters. The first-order valence-corrected chi connectivity index (χ1v) is 5.13. The van der Waals surface area contributed by atoms with Crippen molar-refractivity contribution in [2.75, 3.05) is 11.9 Å². The van der Waals surface area contributed by atoms with Crippen LogP contribution in [0.15, 0.2) is 29.1 Å². The van der Waals surface area contributed by atoms with E-state index in [9.17, 15) is 9.90 Å². The van der Waals surface area contributed by atoms with Crippen molar-refractivity contribution in [1.82, 2.24) is 4.57 Å². The molecule has 1 aromatic heterocycles. The summed E-state index contributed by atoms with van der Waals surface area (Å²) in [5, 5.41) is 13.4. The van der Waals surface area contributed by atoms with Crippen molar-refractivity contribution in [1.29, 1.82) is 0 Å². The number of pyridine rings is 1. The molecule has 0 bridgehead atoms. The van der Waals surface area contributed by atoms with Crippen molar-refractivity contribution >= 4 is 16.6 Å². The molecule has 86 valence electrons. The Hall–Kier alpha value is -2.41. The van der Waals surface area contributed by atoms with Crippen LogP contribution in [0.2, 0.25) is 0 Å². The van der Waals surface area contributed by atoms with E-state index in [1.807, 2.05) is 6.07 Å². The second-order valence-corrected chi connectivity index (χ2v) is 3.72. The van der Waals surface area contributed by atoms with Crippen LogP contribution in [0.3, 0.4) is 0 Å². The summed E-state index contributed by atoms with van der Waals surface area (Å²) < 4.78 is 1.49. The fraction of sp³-hybridized carbons (Fsp3) is 0.154. The molecule has 0 spiro atoms. The summed E-state index contributed by atoms with van der Waals surface area (Å²) in [6, 6.07) is 6.56. The largest absolute Gasteiger partial charge is 0.507 e. The lowest BCUT2D eigenvalue weighted by atomic mass is 10.1. The van der Waals surface area contributed by atoms with Gasteiger partial charge in [-0.1, -0.05) is 5.92 Å². The van der Waals surface area contributed by atoms with Gasteiger partial charge < -0.3 is 15.0 Å². The highest BCUT2D eigenvalue weighted by Crippen LogP contribution is 2.25. The van der Waals surface area contributed by atoms with E-state index in [0.717, 1.165) is 5.69 Å². The molecule has 0 saturated heterocycles. The van der Waals surface area contributed by atoms with Gasteiger partial charge in [-0.05, 0) is 18.2 Å². The Labute approximate surface area is 98.5 Å². The van der Waals surface area contributed by atoms with Crippen LogP contribution in [0.1, 0.15) is 0 Å². The molecule has 2 aromatic rings. The topological polar surface area (TPSA) is 54.3 Å². The molecule has 1 heterocycles. The molecule has 0 amide bonds. The maximum atomic E-state index is 11.5. The molecule has 2 N–H and O–H groups in total. The third-order valence-corrected chi connectivity index (χ3v) is 2.62. The van der Waals surface area contributed by atoms with E-state index in [1.165, 1.54) is 10.6 Å². The van der Waals surface area contributed by atoms with Gasteiger partial charge in [0.05, 0.1) is 12.1 Å². The molecule has 0 aliphatic carbocycles. The Morgan fingerprint density at radius 2 is 2.24 bits per heavy atom. The standard InChI is InChI=1S/C13H12N2O2/c1-3-6-14-9-4-5-11-10(7-9)12(16)8-13(17)15(11)2/h1,4-5,7-8,14,16H,6H2,2H3. The molecule has 0 atom stereocenters. The van der Waals surface area contributed by atoms with Gasteiger partial charge in [-0.2, -0.15) is 0 Å². The number of anilines is 1. The van der Waals surface area contributed by atoms with Gasteiger partial charge in [0, 0.05) is 24.2 Å². The predicted molar refractivity (Wildman–Crippen MR) is 68.2 cm³/mol. The zero-order valence-electron chi connectivity index (χ0n) is 9.40. The Bertz CT molecular complexity index is 665. The molecule has 2 rings (SSSR count). The first-order chi connectivity index (χ1) is 8.13. The highest BCUT2D eigenvalue weighted by Gasteiger charge is 2.06. The molecule has 0 saturated carbocycles. The minimum absolute atomic E-state index is 0.0209. The van der Waals surface area contributed by atoms with Crippen LogP contribution in [0.4, 0.5) is 5.69 Å². The van der Waals surface area contributed by atoms with Crippen molar-refractivity contribution in [3.63, 3.8) is 0 Å². The fourth-order valence-electron chi connectivity index (χ4n) is 1.71. The third-order valence-electron chi connectivity index (χ3n) is 2.62. The van der Waals surface area contributed by atoms with Crippen LogP contribution in [0.25, 0.3) is 10.9 Å². The van der Waals surface area contributed by atoms with Crippen molar-refractivity contribution < 1.29 is 5.11 Å². The SMILES string of the molecule is C#CCNc1ccc2c(c1)c(O)cc(=O)n2C. The summed E-state index contributed by atoms with van der Waals surface area (Å²) in [6.07, 6.45) is 5.16. The molecule has 0 radical (unpaired) electrons. The number of nitrogens with zero attached hydrogens (tertiary/aromatic N) is 1. The number of nitrogens with one attached hydrogen (secondary N) is 1. The van der Waals surface area contributed by atoms with Crippen LogP contribution in [-0.2, 0) is 7.05 Å². The van der Waals surface area contributed by atoms with Gasteiger partial charge in [-0.15, -0.1) is 6.42 Å². The van der Waals surface area contributed by atoms with E-state index in [1.54, 1.807) is 19.2 Å². The highest BCUT2D eigenvalue weighted by molar-refractivity contribution is 5.88. The quantitative estimate of drug-likeness (QED) is 0.761. The lowest BCUT2D eigenvalue weighted by molar-refractivity contribution is 0.479. The molecule has 0 aliphatic rings. The molecular formula is C13H12N2O2. The average Bonchev–Trinajstić information content (AvgIpc) is 2.33. The zero-order chi connectivity index (χ0) is 12.4. The maximum Gasteiger partial charge on any atom is 0.254 e. The Morgan fingerprint density at radius 3 is 2.94 bits per heavy atom. The second-order valence-electron chi connectivity index (χ2n) is 3.72. The summed E-state index contributed by atoms with van der Waals surface area (Å²) >= 11 is 0. The van der Waals surface area contributed by atoms with Crippen molar-refractivity contribution in [2.45, 2.75) is 0 Å². The van der Waals surface area contributed by atoms with Crippen molar-refractivity contribution in [3.05, 3.63) is 34.6 Å². The lowest BCUT2D eigenvalue weighted by Crippen LogP contribution is -2.15. The first kappa shape index (κ1) is 11.1. The molecule has 0 aliphatic heterocycles. The van der Waals surface area contributed by atoms with Crippen molar-refractivity contribution in [2.24, 2.45) is 7.05 Å². The van der Waals surface area contributed by atoms with Crippen LogP contribution in [-0.4, -0.2) is 16.2 Å². The van der Waals surface area contributed by atoms with Gasteiger partial charge >= 0.3 is 0 Å².